The molecule has 1 aromatic heterocycles. The molecule has 9 heteroatoms. The van der Waals surface area contributed by atoms with E-state index in [0.717, 1.165) is 25.3 Å². The number of hydrogen-bond acceptors (Lipinski definition) is 6. The van der Waals surface area contributed by atoms with Gasteiger partial charge in [-0.05, 0) is 43.5 Å². The molecule has 28 heavy (non-hydrogen) atoms. The van der Waals surface area contributed by atoms with Crippen molar-refractivity contribution in [3.05, 3.63) is 34.8 Å². The molecule has 3 rings (SSSR count). The van der Waals surface area contributed by atoms with Crippen molar-refractivity contribution in [3.63, 3.8) is 0 Å². The number of methoxy groups -OCH3 is 1. The lowest BCUT2D eigenvalue weighted by Crippen LogP contribution is -2.33. The van der Waals surface area contributed by atoms with Gasteiger partial charge in [-0.15, -0.1) is 11.3 Å². The number of thiazole rings is 1. The number of rotatable bonds is 7. The van der Waals surface area contributed by atoms with E-state index in [9.17, 15) is 13.6 Å². The van der Waals surface area contributed by atoms with E-state index in [4.69, 9.17) is 4.74 Å². The third-order valence-electron chi connectivity index (χ3n) is 4.54. The summed E-state index contributed by atoms with van der Waals surface area (Å²) >= 11 is 1.36. The standard InChI is InChI=1S/C19H23F2N3O3S/c1-12-4-3-7-24(9-12)10-14-11-28-19(22-14)23-17(25)13-5-6-15(27-18(20)21)16(8-13)26-2/h5-6,8,11-12,18H,3-4,7,9-10H2,1-2H3,(H,22,23,25). The second kappa shape index (κ2) is 9.29. The van der Waals surface area contributed by atoms with Crippen molar-refractivity contribution in [2.75, 3.05) is 25.5 Å². The molecular weight excluding hydrogens is 388 g/mol. The Morgan fingerprint density at radius 3 is 2.96 bits per heavy atom. The lowest BCUT2D eigenvalue weighted by atomic mass is 10.0. The maximum Gasteiger partial charge on any atom is 0.387 e. The molecule has 152 valence electrons. The van der Waals surface area contributed by atoms with Crippen LogP contribution in [0.2, 0.25) is 0 Å². The predicted molar refractivity (Wildman–Crippen MR) is 103 cm³/mol. The van der Waals surface area contributed by atoms with Crippen molar-refractivity contribution in [1.29, 1.82) is 0 Å². The van der Waals surface area contributed by atoms with E-state index in [2.05, 4.69) is 26.9 Å². The molecule has 6 nitrogen and oxygen atoms in total. The van der Waals surface area contributed by atoms with Crippen LogP contribution in [0.1, 0.15) is 35.8 Å². The molecule has 0 saturated carbocycles. The molecule has 1 N–H and O–H groups in total. The van der Waals surface area contributed by atoms with Crippen molar-refractivity contribution in [2.45, 2.75) is 32.9 Å². The zero-order valence-electron chi connectivity index (χ0n) is 15.8. The Bertz CT molecular complexity index is 815. The van der Waals surface area contributed by atoms with Gasteiger partial charge in [0.2, 0.25) is 0 Å². The molecule has 1 atom stereocenters. The number of aromatic nitrogens is 1. The van der Waals surface area contributed by atoms with Gasteiger partial charge >= 0.3 is 6.61 Å². The van der Waals surface area contributed by atoms with E-state index in [1.807, 2.05) is 5.38 Å². The van der Waals surface area contributed by atoms with E-state index < -0.39 is 12.5 Å². The summed E-state index contributed by atoms with van der Waals surface area (Å²) in [5, 5.41) is 5.18. The van der Waals surface area contributed by atoms with Crippen LogP contribution in [0.5, 0.6) is 11.5 Å². The number of hydrogen-bond donors (Lipinski definition) is 1. The fourth-order valence-electron chi connectivity index (χ4n) is 3.27. The summed E-state index contributed by atoms with van der Waals surface area (Å²) in [6.07, 6.45) is 2.46. The number of carbonyl (C=O) groups is 1. The summed E-state index contributed by atoms with van der Waals surface area (Å²) in [5.41, 5.74) is 1.19. The van der Waals surface area contributed by atoms with E-state index >= 15 is 0 Å². The highest BCUT2D eigenvalue weighted by atomic mass is 32.1. The van der Waals surface area contributed by atoms with E-state index in [0.29, 0.717) is 11.0 Å². The van der Waals surface area contributed by atoms with Gasteiger partial charge in [0, 0.05) is 24.0 Å². The van der Waals surface area contributed by atoms with Gasteiger partial charge in [-0.2, -0.15) is 8.78 Å². The number of likely N-dealkylation sites (tertiary alicyclic amines) is 1. The highest BCUT2D eigenvalue weighted by Gasteiger charge is 2.18. The maximum absolute atomic E-state index is 12.5. The highest BCUT2D eigenvalue weighted by molar-refractivity contribution is 7.13. The van der Waals surface area contributed by atoms with Gasteiger partial charge in [0.15, 0.2) is 16.6 Å². The number of ether oxygens (including phenoxy) is 2. The molecule has 0 radical (unpaired) electrons. The highest BCUT2D eigenvalue weighted by Crippen LogP contribution is 2.30. The van der Waals surface area contributed by atoms with Crippen molar-refractivity contribution < 1.29 is 23.0 Å². The van der Waals surface area contributed by atoms with Crippen LogP contribution in [-0.4, -0.2) is 42.6 Å². The molecule has 2 heterocycles. The molecule has 0 bridgehead atoms. The van der Waals surface area contributed by atoms with Crippen LogP contribution in [0.3, 0.4) is 0 Å². The van der Waals surface area contributed by atoms with Crippen LogP contribution in [0.25, 0.3) is 0 Å². The van der Waals surface area contributed by atoms with E-state index in [-0.39, 0.29) is 17.1 Å². The number of amides is 1. The maximum atomic E-state index is 12.5. The van der Waals surface area contributed by atoms with Crippen LogP contribution < -0.4 is 14.8 Å². The van der Waals surface area contributed by atoms with Gasteiger partial charge in [0.25, 0.3) is 5.91 Å². The van der Waals surface area contributed by atoms with Crippen LogP contribution >= 0.6 is 11.3 Å². The van der Waals surface area contributed by atoms with Crippen LogP contribution in [0.4, 0.5) is 13.9 Å². The quantitative estimate of drug-likeness (QED) is 0.738. The Kier molecular flexibility index (Phi) is 6.79. The average Bonchev–Trinajstić information content (AvgIpc) is 3.08. The first-order chi connectivity index (χ1) is 13.4. The smallest absolute Gasteiger partial charge is 0.387 e. The number of benzene rings is 1. The number of halogens is 2. The summed E-state index contributed by atoms with van der Waals surface area (Å²) in [4.78, 5) is 19.3. The molecule has 1 amide bonds. The molecule has 2 aromatic rings. The second-order valence-electron chi connectivity index (χ2n) is 6.82. The number of anilines is 1. The summed E-state index contributed by atoms with van der Waals surface area (Å²) in [7, 11) is 1.32. The Hall–Kier alpha value is -2.26. The van der Waals surface area contributed by atoms with E-state index in [1.54, 1.807) is 0 Å². The monoisotopic (exact) mass is 411 g/mol. The first-order valence-electron chi connectivity index (χ1n) is 9.05. The van der Waals surface area contributed by atoms with E-state index in [1.165, 1.54) is 49.5 Å². The normalized spacial score (nSPS) is 17.5. The number of alkyl halides is 2. The number of carbonyl (C=O) groups excluding carboxylic acids is 1. The fourth-order valence-corrected chi connectivity index (χ4v) is 3.96. The zero-order chi connectivity index (χ0) is 20.1. The minimum Gasteiger partial charge on any atom is -0.493 e. The number of nitrogens with zero attached hydrogens (tertiary/aromatic N) is 2. The minimum atomic E-state index is -2.97. The van der Waals surface area contributed by atoms with Crippen molar-refractivity contribution >= 4 is 22.4 Å². The second-order valence-corrected chi connectivity index (χ2v) is 7.68. The summed E-state index contributed by atoms with van der Waals surface area (Å²) in [6, 6.07) is 4.04. The van der Waals surface area contributed by atoms with Gasteiger partial charge in [-0.25, -0.2) is 4.98 Å². The van der Waals surface area contributed by atoms with Gasteiger partial charge < -0.3 is 9.47 Å². The van der Waals surface area contributed by atoms with Crippen LogP contribution in [0.15, 0.2) is 23.6 Å². The number of nitrogens with one attached hydrogen (secondary N) is 1. The van der Waals surface area contributed by atoms with Gasteiger partial charge in [-0.1, -0.05) is 6.92 Å². The van der Waals surface area contributed by atoms with Crippen LogP contribution in [0, 0.1) is 5.92 Å². The molecule has 0 aliphatic carbocycles. The third kappa shape index (κ3) is 5.39. The molecule has 1 aromatic carbocycles. The summed E-state index contributed by atoms with van der Waals surface area (Å²) in [6.45, 7) is 2.18. The average molecular weight is 411 g/mol. The van der Waals surface area contributed by atoms with Gasteiger partial charge in [-0.3, -0.25) is 15.0 Å². The minimum absolute atomic E-state index is 0.0620. The first-order valence-corrected chi connectivity index (χ1v) is 9.93. The first kappa shape index (κ1) is 20.5. The SMILES string of the molecule is COc1cc(C(=O)Nc2nc(CN3CCCC(C)C3)cs2)ccc1OC(F)F. The van der Waals surface area contributed by atoms with Gasteiger partial charge in [0.1, 0.15) is 0 Å². The third-order valence-corrected chi connectivity index (χ3v) is 5.35. The Labute approximate surface area is 166 Å². The predicted octanol–water partition coefficient (Wildman–Crippen LogP) is 4.24. The molecule has 1 aliphatic rings. The zero-order valence-corrected chi connectivity index (χ0v) is 16.6. The van der Waals surface area contributed by atoms with Crippen LogP contribution in [-0.2, 0) is 6.54 Å². The fraction of sp³-hybridized carbons (Fsp3) is 0.474. The van der Waals surface area contributed by atoms with Crippen molar-refractivity contribution in [1.82, 2.24) is 9.88 Å². The molecule has 1 aliphatic heterocycles. The van der Waals surface area contributed by atoms with Crippen molar-refractivity contribution in [2.24, 2.45) is 5.92 Å². The molecule has 1 unspecified atom stereocenters. The Balaban J connectivity index is 1.62. The lowest BCUT2D eigenvalue weighted by Gasteiger charge is -2.30. The number of piperidine rings is 1. The topological polar surface area (TPSA) is 63.7 Å². The van der Waals surface area contributed by atoms with Crippen molar-refractivity contribution in [3.8, 4) is 11.5 Å². The largest absolute Gasteiger partial charge is 0.493 e. The molecular formula is C19H23F2N3O3S. The Morgan fingerprint density at radius 1 is 1.43 bits per heavy atom. The van der Waals surface area contributed by atoms with Gasteiger partial charge in [0.05, 0.1) is 12.8 Å². The molecule has 1 saturated heterocycles. The molecule has 0 spiro atoms. The summed E-state index contributed by atoms with van der Waals surface area (Å²) in [5.74, 6) is 0.237. The lowest BCUT2D eigenvalue weighted by molar-refractivity contribution is -0.0512. The Morgan fingerprint density at radius 2 is 2.25 bits per heavy atom. The molecule has 1 fully saturated rings. The summed E-state index contributed by atoms with van der Waals surface area (Å²) < 4.78 is 34.2.